The Morgan fingerprint density at radius 3 is 3.00 bits per heavy atom. The van der Waals surface area contributed by atoms with E-state index in [1.54, 1.807) is 12.1 Å². The Hall–Kier alpha value is -0.930. The molecule has 0 radical (unpaired) electrons. The number of halogens is 1. The quantitative estimate of drug-likeness (QED) is 0.784. The van der Waals surface area contributed by atoms with E-state index in [0.29, 0.717) is 6.04 Å². The Balaban J connectivity index is 1.68. The lowest BCUT2D eigenvalue weighted by Gasteiger charge is -2.23. The van der Waals surface area contributed by atoms with Crippen LogP contribution in [-0.4, -0.2) is 25.7 Å². The lowest BCUT2D eigenvalue weighted by Crippen LogP contribution is -2.42. The van der Waals surface area contributed by atoms with Crippen LogP contribution in [0.1, 0.15) is 30.4 Å². The van der Waals surface area contributed by atoms with Crippen LogP contribution in [0.15, 0.2) is 18.2 Å². The molecule has 1 aliphatic rings. The summed E-state index contributed by atoms with van der Waals surface area (Å²) in [7, 11) is 0. The Labute approximate surface area is 109 Å². The fraction of sp³-hybridized carbons (Fsp3) is 0.600. The summed E-state index contributed by atoms with van der Waals surface area (Å²) in [5.41, 5.74) is 2.29. The standard InChI is InChI=1S/C15H23FN2/c1-12-10-14(16)6-5-13(12)7-9-17-11-15-4-2-3-8-18-15/h5-6,10,15,17-18H,2-4,7-9,11H2,1H3. The van der Waals surface area contributed by atoms with Gasteiger partial charge in [0.25, 0.3) is 0 Å². The van der Waals surface area contributed by atoms with Crippen molar-refractivity contribution in [3.63, 3.8) is 0 Å². The third kappa shape index (κ3) is 4.07. The van der Waals surface area contributed by atoms with Gasteiger partial charge in [-0.05, 0) is 62.5 Å². The molecule has 2 nitrogen and oxygen atoms in total. The van der Waals surface area contributed by atoms with Crippen LogP contribution in [0.25, 0.3) is 0 Å². The van der Waals surface area contributed by atoms with Crippen molar-refractivity contribution in [2.24, 2.45) is 0 Å². The Morgan fingerprint density at radius 1 is 1.39 bits per heavy atom. The van der Waals surface area contributed by atoms with E-state index in [1.807, 2.05) is 13.0 Å². The Morgan fingerprint density at radius 2 is 2.28 bits per heavy atom. The summed E-state index contributed by atoms with van der Waals surface area (Å²) in [4.78, 5) is 0. The Bertz CT molecular complexity index is 373. The van der Waals surface area contributed by atoms with Crippen molar-refractivity contribution in [3.05, 3.63) is 35.1 Å². The monoisotopic (exact) mass is 250 g/mol. The van der Waals surface area contributed by atoms with Gasteiger partial charge >= 0.3 is 0 Å². The highest BCUT2D eigenvalue weighted by molar-refractivity contribution is 5.26. The van der Waals surface area contributed by atoms with Gasteiger partial charge in [0.05, 0.1) is 0 Å². The summed E-state index contributed by atoms with van der Waals surface area (Å²) < 4.78 is 13.0. The summed E-state index contributed by atoms with van der Waals surface area (Å²) in [6.45, 7) is 5.13. The van der Waals surface area contributed by atoms with Gasteiger partial charge in [0.2, 0.25) is 0 Å². The molecular formula is C15H23FN2. The minimum atomic E-state index is -0.143. The number of piperidine rings is 1. The van der Waals surface area contributed by atoms with Crippen LogP contribution < -0.4 is 10.6 Å². The number of benzene rings is 1. The molecule has 1 aromatic carbocycles. The van der Waals surface area contributed by atoms with E-state index in [-0.39, 0.29) is 5.82 Å². The van der Waals surface area contributed by atoms with E-state index >= 15 is 0 Å². The first-order chi connectivity index (χ1) is 8.75. The van der Waals surface area contributed by atoms with E-state index in [2.05, 4.69) is 10.6 Å². The molecule has 0 spiro atoms. The highest BCUT2D eigenvalue weighted by atomic mass is 19.1. The highest BCUT2D eigenvalue weighted by Crippen LogP contribution is 2.10. The minimum Gasteiger partial charge on any atom is -0.315 e. The summed E-state index contributed by atoms with van der Waals surface area (Å²) in [6, 6.07) is 5.68. The largest absolute Gasteiger partial charge is 0.315 e. The zero-order valence-corrected chi connectivity index (χ0v) is 11.1. The number of aryl methyl sites for hydroxylation is 1. The fourth-order valence-electron chi connectivity index (χ4n) is 2.54. The molecule has 2 rings (SSSR count). The van der Waals surface area contributed by atoms with Crippen molar-refractivity contribution < 1.29 is 4.39 Å². The number of hydrogen-bond donors (Lipinski definition) is 2. The van der Waals surface area contributed by atoms with E-state index in [4.69, 9.17) is 0 Å². The van der Waals surface area contributed by atoms with Crippen LogP contribution in [0.2, 0.25) is 0 Å². The van der Waals surface area contributed by atoms with E-state index < -0.39 is 0 Å². The SMILES string of the molecule is Cc1cc(F)ccc1CCNCC1CCCCN1. The topological polar surface area (TPSA) is 24.1 Å². The first kappa shape index (κ1) is 13.5. The molecule has 0 bridgehead atoms. The van der Waals surface area contributed by atoms with Crippen molar-refractivity contribution in [2.45, 2.75) is 38.6 Å². The zero-order chi connectivity index (χ0) is 12.8. The smallest absolute Gasteiger partial charge is 0.123 e. The second-order valence-corrected chi connectivity index (χ2v) is 5.17. The van der Waals surface area contributed by atoms with Crippen LogP contribution in [0.4, 0.5) is 4.39 Å². The molecule has 2 N–H and O–H groups in total. The zero-order valence-electron chi connectivity index (χ0n) is 11.1. The lowest BCUT2D eigenvalue weighted by molar-refractivity contribution is 0.384. The summed E-state index contributed by atoms with van der Waals surface area (Å²) in [5.74, 6) is -0.143. The van der Waals surface area contributed by atoms with Gasteiger partial charge < -0.3 is 10.6 Å². The molecule has 100 valence electrons. The fourth-order valence-corrected chi connectivity index (χ4v) is 2.54. The third-order valence-corrected chi connectivity index (χ3v) is 3.68. The van der Waals surface area contributed by atoms with Crippen LogP contribution in [0.5, 0.6) is 0 Å². The molecule has 0 aliphatic carbocycles. The molecule has 18 heavy (non-hydrogen) atoms. The van der Waals surface area contributed by atoms with Gasteiger partial charge in [-0.25, -0.2) is 4.39 Å². The summed E-state index contributed by atoms with van der Waals surface area (Å²) in [6.07, 6.45) is 4.91. The second-order valence-electron chi connectivity index (χ2n) is 5.17. The maximum absolute atomic E-state index is 13.0. The van der Waals surface area contributed by atoms with Gasteiger partial charge in [0.1, 0.15) is 5.82 Å². The van der Waals surface area contributed by atoms with Crippen molar-refractivity contribution in [1.82, 2.24) is 10.6 Å². The number of rotatable bonds is 5. The predicted octanol–water partition coefficient (Wildman–Crippen LogP) is 2.41. The molecule has 1 heterocycles. The maximum Gasteiger partial charge on any atom is 0.123 e. The van der Waals surface area contributed by atoms with Gasteiger partial charge in [-0.3, -0.25) is 0 Å². The molecule has 1 saturated heterocycles. The molecule has 1 unspecified atom stereocenters. The normalized spacial score (nSPS) is 20.0. The molecule has 0 aromatic heterocycles. The van der Waals surface area contributed by atoms with E-state index in [9.17, 15) is 4.39 Å². The molecule has 0 saturated carbocycles. The molecule has 0 amide bonds. The minimum absolute atomic E-state index is 0.143. The van der Waals surface area contributed by atoms with E-state index in [0.717, 1.165) is 31.6 Å². The Kier molecular flexibility index (Phi) is 5.14. The van der Waals surface area contributed by atoms with Gasteiger partial charge in [0, 0.05) is 12.6 Å². The van der Waals surface area contributed by atoms with Crippen LogP contribution in [-0.2, 0) is 6.42 Å². The van der Waals surface area contributed by atoms with Crippen molar-refractivity contribution in [1.29, 1.82) is 0 Å². The van der Waals surface area contributed by atoms with Gasteiger partial charge in [-0.1, -0.05) is 12.5 Å². The van der Waals surface area contributed by atoms with Gasteiger partial charge in [-0.15, -0.1) is 0 Å². The predicted molar refractivity (Wildman–Crippen MR) is 73.4 cm³/mol. The van der Waals surface area contributed by atoms with Crippen LogP contribution in [0, 0.1) is 12.7 Å². The average Bonchev–Trinajstić information content (AvgIpc) is 2.38. The van der Waals surface area contributed by atoms with Crippen LogP contribution in [0.3, 0.4) is 0 Å². The van der Waals surface area contributed by atoms with Crippen molar-refractivity contribution in [2.75, 3.05) is 19.6 Å². The molecular weight excluding hydrogens is 227 g/mol. The van der Waals surface area contributed by atoms with Crippen LogP contribution >= 0.6 is 0 Å². The van der Waals surface area contributed by atoms with Crippen molar-refractivity contribution >= 4 is 0 Å². The average molecular weight is 250 g/mol. The van der Waals surface area contributed by atoms with Crippen molar-refractivity contribution in [3.8, 4) is 0 Å². The highest BCUT2D eigenvalue weighted by Gasteiger charge is 2.11. The molecule has 1 fully saturated rings. The number of nitrogens with one attached hydrogen (secondary N) is 2. The van der Waals surface area contributed by atoms with E-state index in [1.165, 1.54) is 24.8 Å². The van der Waals surface area contributed by atoms with Gasteiger partial charge in [-0.2, -0.15) is 0 Å². The molecule has 1 atom stereocenters. The second kappa shape index (κ2) is 6.86. The third-order valence-electron chi connectivity index (χ3n) is 3.68. The number of hydrogen-bond acceptors (Lipinski definition) is 2. The maximum atomic E-state index is 13.0. The molecule has 1 aromatic rings. The molecule has 3 heteroatoms. The lowest BCUT2D eigenvalue weighted by atomic mass is 10.0. The first-order valence-corrected chi connectivity index (χ1v) is 6.95. The summed E-state index contributed by atoms with van der Waals surface area (Å²) >= 11 is 0. The molecule has 1 aliphatic heterocycles. The first-order valence-electron chi connectivity index (χ1n) is 6.95. The summed E-state index contributed by atoms with van der Waals surface area (Å²) in [5, 5.41) is 7.01. The van der Waals surface area contributed by atoms with Gasteiger partial charge in [0.15, 0.2) is 0 Å².